The highest BCUT2D eigenvalue weighted by Crippen LogP contribution is 2.30. The predicted octanol–water partition coefficient (Wildman–Crippen LogP) is 0.936. The van der Waals surface area contributed by atoms with E-state index < -0.39 is 24.9 Å². The van der Waals surface area contributed by atoms with Crippen LogP contribution in [0.4, 0.5) is 0 Å². The minimum atomic E-state index is -1.14. The van der Waals surface area contributed by atoms with Gasteiger partial charge in [-0.15, -0.1) is 0 Å². The number of rotatable bonds is 8. The third kappa shape index (κ3) is 5.86. The van der Waals surface area contributed by atoms with Gasteiger partial charge in [-0.3, -0.25) is 15.5 Å². The summed E-state index contributed by atoms with van der Waals surface area (Å²) in [6.45, 7) is 6.76. The summed E-state index contributed by atoms with van der Waals surface area (Å²) in [6.07, 6.45) is 5.11. The van der Waals surface area contributed by atoms with E-state index in [0.29, 0.717) is 6.04 Å². The molecule has 5 N–H and O–H groups in total. The fourth-order valence-corrected chi connectivity index (χ4v) is 4.30. The fourth-order valence-electron chi connectivity index (χ4n) is 4.30. The van der Waals surface area contributed by atoms with Gasteiger partial charge < -0.3 is 20.1 Å². The van der Waals surface area contributed by atoms with Crippen LogP contribution in [0.25, 0.3) is 0 Å². The molecule has 0 radical (unpaired) electrons. The Morgan fingerprint density at radius 1 is 1.00 bits per heavy atom. The first-order valence-corrected chi connectivity index (χ1v) is 10.1. The predicted molar refractivity (Wildman–Crippen MR) is 101 cm³/mol. The minimum Gasteiger partial charge on any atom is -0.377 e. The molecule has 2 aliphatic rings. The normalized spacial score (nSPS) is 28.0. The van der Waals surface area contributed by atoms with E-state index in [2.05, 4.69) is 10.6 Å². The summed E-state index contributed by atoms with van der Waals surface area (Å²) < 4.78 is 4.92. The lowest BCUT2D eigenvalue weighted by molar-refractivity contribution is -0.146. The number of aliphatic hydroxyl groups is 3. The Hall–Kier alpha value is -0.280. The van der Waals surface area contributed by atoms with E-state index in [-0.39, 0.29) is 11.5 Å². The molecule has 2 fully saturated rings. The van der Waals surface area contributed by atoms with E-state index in [4.69, 9.17) is 4.74 Å². The first kappa shape index (κ1) is 22.0. The van der Waals surface area contributed by atoms with Crippen LogP contribution in [0.15, 0.2) is 0 Å². The summed E-state index contributed by atoms with van der Waals surface area (Å²) >= 11 is 0. The zero-order valence-corrected chi connectivity index (χ0v) is 16.8. The Morgan fingerprint density at radius 2 is 1.65 bits per heavy atom. The highest BCUT2D eigenvalue weighted by atomic mass is 16.6. The Labute approximate surface area is 158 Å². The van der Waals surface area contributed by atoms with Gasteiger partial charge in [-0.05, 0) is 31.1 Å². The van der Waals surface area contributed by atoms with Crippen LogP contribution in [0.5, 0.6) is 0 Å². The summed E-state index contributed by atoms with van der Waals surface area (Å²) in [6, 6.07) is -0.164. The average molecular weight is 374 g/mol. The van der Waals surface area contributed by atoms with E-state index in [1.165, 1.54) is 26.4 Å². The van der Waals surface area contributed by atoms with Gasteiger partial charge in [-0.25, -0.2) is 0 Å². The van der Waals surface area contributed by atoms with E-state index in [9.17, 15) is 15.3 Å². The number of aliphatic hydroxyl groups excluding tert-OH is 3. The van der Waals surface area contributed by atoms with Gasteiger partial charge in [0.2, 0.25) is 6.41 Å². The molecule has 0 aromatic heterocycles. The van der Waals surface area contributed by atoms with Gasteiger partial charge in [0.15, 0.2) is 0 Å². The molecule has 2 rings (SSSR count). The third-order valence-corrected chi connectivity index (χ3v) is 5.83. The maximum Gasteiger partial charge on any atom is 0.213 e. The largest absolute Gasteiger partial charge is 0.377 e. The van der Waals surface area contributed by atoms with Crippen molar-refractivity contribution in [3.05, 3.63) is 0 Å². The summed E-state index contributed by atoms with van der Waals surface area (Å²) in [7, 11) is 1.42. The second-order valence-electron chi connectivity index (χ2n) is 8.91. The van der Waals surface area contributed by atoms with E-state index in [1.54, 1.807) is 0 Å². The number of likely N-dealkylation sites (tertiary alicyclic amines) is 1. The maximum atomic E-state index is 11.1. The van der Waals surface area contributed by atoms with Gasteiger partial charge in [-0.1, -0.05) is 40.0 Å². The summed E-state index contributed by atoms with van der Waals surface area (Å²) in [5, 5.41) is 38.0. The zero-order chi connectivity index (χ0) is 19.3. The second-order valence-corrected chi connectivity index (χ2v) is 8.91. The maximum absolute atomic E-state index is 11.1. The van der Waals surface area contributed by atoms with Crippen LogP contribution in [-0.4, -0.2) is 70.9 Å². The Kier molecular flexibility index (Phi) is 8.28. The van der Waals surface area contributed by atoms with Crippen molar-refractivity contribution in [1.29, 1.82) is 0 Å². The number of nitrogens with one attached hydrogen (secondary N) is 2. The van der Waals surface area contributed by atoms with E-state index >= 15 is 0 Å². The van der Waals surface area contributed by atoms with Crippen LogP contribution in [-0.2, 0) is 4.74 Å². The van der Waals surface area contributed by atoms with E-state index in [0.717, 1.165) is 32.2 Å². The fraction of sp³-hybridized carbons (Fsp3) is 1.00. The third-order valence-electron chi connectivity index (χ3n) is 5.83. The number of hydrogen-bond donors (Lipinski definition) is 5. The lowest BCUT2D eigenvalue weighted by Crippen LogP contribution is -2.62. The van der Waals surface area contributed by atoms with Crippen molar-refractivity contribution in [1.82, 2.24) is 15.5 Å². The molecule has 1 saturated heterocycles. The van der Waals surface area contributed by atoms with Gasteiger partial charge in [0.25, 0.3) is 0 Å². The molecular weight excluding hydrogens is 334 g/mol. The molecular formula is C19H39N3O4. The highest BCUT2D eigenvalue weighted by Gasteiger charge is 2.42. The molecule has 1 aliphatic heterocycles. The average Bonchev–Trinajstić information content (AvgIpc) is 3.08. The number of hydrogen-bond acceptors (Lipinski definition) is 7. The van der Waals surface area contributed by atoms with Gasteiger partial charge in [0, 0.05) is 19.7 Å². The molecule has 0 aromatic rings. The van der Waals surface area contributed by atoms with E-state index in [1.807, 2.05) is 25.7 Å². The summed E-state index contributed by atoms with van der Waals surface area (Å²) in [5.41, 5.74) is -0.298. The van der Waals surface area contributed by atoms with Crippen LogP contribution < -0.4 is 10.6 Å². The topological polar surface area (TPSA) is 97.2 Å². The standard InChI is InChI=1S/C19H39N3O4/c1-19(2,3)15(21-18(25)26-4)17(24)22-12-8-11-14(22)16(23)20-13-9-6-5-7-10-13/h13-18,20-21,23-25H,5-12H2,1-4H3/t14-,15+,16?,17?,18?/m0/s1. The molecule has 26 heavy (non-hydrogen) atoms. The first-order chi connectivity index (χ1) is 12.2. The lowest BCUT2D eigenvalue weighted by Gasteiger charge is -2.43. The Bertz CT molecular complexity index is 412. The molecule has 3 unspecified atom stereocenters. The van der Waals surface area contributed by atoms with Gasteiger partial charge >= 0.3 is 0 Å². The van der Waals surface area contributed by atoms with Crippen molar-refractivity contribution < 1.29 is 20.1 Å². The SMILES string of the molecule is COC(O)N[C@H](C(O)N1CCC[C@H]1C(O)NC1CCCCC1)C(C)(C)C. The molecule has 1 saturated carbocycles. The van der Waals surface area contributed by atoms with Crippen molar-refractivity contribution in [2.75, 3.05) is 13.7 Å². The smallest absolute Gasteiger partial charge is 0.213 e. The van der Waals surface area contributed by atoms with Gasteiger partial charge in [0.1, 0.15) is 12.5 Å². The highest BCUT2D eigenvalue weighted by molar-refractivity contribution is 4.94. The molecule has 0 aromatic carbocycles. The van der Waals surface area contributed by atoms with Crippen LogP contribution in [0.2, 0.25) is 0 Å². The number of methoxy groups -OCH3 is 1. The number of ether oxygens (including phenoxy) is 1. The monoisotopic (exact) mass is 373 g/mol. The summed E-state index contributed by atoms with van der Waals surface area (Å²) in [4.78, 5) is 1.96. The molecule has 0 amide bonds. The molecule has 1 aliphatic carbocycles. The van der Waals surface area contributed by atoms with Crippen molar-refractivity contribution in [3.8, 4) is 0 Å². The molecule has 5 atom stereocenters. The zero-order valence-electron chi connectivity index (χ0n) is 16.8. The van der Waals surface area contributed by atoms with Crippen molar-refractivity contribution in [2.24, 2.45) is 5.41 Å². The van der Waals surface area contributed by atoms with Crippen molar-refractivity contribution in [3.63, 3.8) is 0 Å². The molecule has 7 heteroatoms. The first-order valence-electron chi connectivity index (χ1n) is 10.1. The number of nitrogens with zero attached hydrogens (tertiary/aromatic N) is 1. The van der Waals surface area contributed by atoms with Crippen LogP contribution >= 0.6 is 0 Å². The van der Waals surface area contributed by atoms with Gasteiger partial charge in [-0.2, -0.15) is 0 Å². The molecule has 0 bridgehead atoms. The molecule has 154 valence electrons. The quantitative estimate of drug-likeness (QED) is 0.404. The van der Waals surface area contributed by atoms with Crippen LogP contribution in [0.1, 0.15) is 65.7 Å². The Morgan fingerprint density at radius 3 is 2.23 bits per heavy atom. The van der Waals surface area contributed by atoms with Crippen LogP contribution in [0.3, 0.4) is 0 Å². The van der Waals surface area contributed by atoms with Crippen LogP contribution in [0, 0.1) is 5.41 Å². The summed E-state index contributed by atoms with van der Waals surface area (Å²) in [5.74, 6) is 0. The Balaban J connectivity index is 2.03. The van der Waals surface area contributed by atoms with Crippen molar-refractivity contribution >= 4 is 0 Å². The molecule has 7 nitrogen and oxygen atoms in total. The molecule has 0 spiro atoms. The molecule has 1 heterocycles. The second kappa shape index (κ2) is 9.78. The lowest BCUT2D eigenvalue weighted by atomic mass is 9.85. The van der Waals surface area contributed by atoms with Crippen molar-refractivity contribution in [2.45, 2.75) is 103 Å². The minimum absolute atomic E-state index is 0.127. The van der Waals surface area contributed by atoms with Gasteiger partial charge in [0.05, 0.1) is 12.1 Å².